The van der Waals surface area contributed by atoms with E-state index in [0.29, 0.717) is 21.3 Å². The molecular formula is C12H10BrFN4S. The van der Waals surface area contributed by atoms with E-state index in [4.69, 9.17) is 12.2 Å². The predicted octanol–water partition coefficient (Wildman–Crippen LogP) is 3.38. The molecule has 2 aromatic heterocycles. The first kappa shape index (κ1) is 12.6. The summed E-state index contributed by atoms with van der Waals surface area (Å²) in [5.41, 5.74) is 2.44. The van der Waals surface area contributed by atoms with Crippen LogP contribution in [0.5, 0.6) is 0 Å². The lowest BCUT2D eigenvalue weighted by molar-refractivity contribution is 0.622. The van der Waals surface area contributed by atoms with Crippen molar-refractivity contribution in [3.8, 4) is 0 Å². The minimum atomic E-state index is -0.311. The van der Waals surface area contributed by atoms with Crippen LogP contribution in [-0.4, -0.2) is 19.3 Å². The Morgan fingerprint density at radius 2 is 2.26 bits per heavy atom. The van der Waals surface area contributed by atoms with E-state index in [2.05, 4.69) is 26.0 Å². The Morgan fingerprint density at radius 1 is 1.47 bits per heavy atom. The third-order valence-corrected chi connectivity index (χ3v) is 3.84. The molecule has 0 fully saturated rings. The molecule has 0 radical (unpaired) electrons. The molecule has 2 heterocycles. The number of aromatic amines is 1. The number of rotatable bonds is 2. The Bertz CT molecular complexity index is 817. The first-order chi connectivity index (χ1) is 9.04. The van der Waals surface area contributed by atoms with Crippen LogP contribution in [0, 0.1) is 10.6 Å². The second kappa shape index (κ2) is 4.57. The molecular weight excluding hydrogens is 331 g/mol. The Kier molecular flexibility index (Phi) is 3.02. The second-order valence-electron chi connectivity index (χ2n) is 4.28. The van der Waals surface area contributed by atoms with Gasteiger partial charge >= 0.3 is 0 Å². The average molecular weight is 341 g/mol. The number of nitrogens with one attached hydrogen (secondary N) is 1. The van der Waals surface area contributed by atoms with Gasteiger partial charge in [0, 0.05) is 19.3 Å². The molecule has 19 heavy (non-hydrogen) atoms. The van der Waals surface area contributed by atoms with Crippen LogP contribution in [0.2, 0.25) is 0 Å². The largest absolute Gasteiger partial charge is 0.330 e. The van der Waals surface area contributed by atoms with Crippen LogP contribution in [0.4, 0.5) is 4.39 Å². The number of aryl methyl sites for hydroxylation is 1. The lowest BCUT2D eigenvalue weighted by Crippen LogP contribution is -2.01. The van der Waals surface area contributed by atoms with Crippen LogP contribution < -0.4 is 0 Å². The molecule has 3 rings (SSSR count). The first-order valence-electron chi connectivity index (χ1n) is 5.60. The van der Waals surface area contributed by atoms with Gasteiger partial charge in [-0.3, -0.25) is 4.68 Å². The number of hydrogen-bond donors (Lipinski definition) is 1. The molecule has 0 aliphatic rings. The molecule has 1 N–H and O–H groups in total. The molecule has 1 aromatic carbocycles. The fourth-order valence-electron chi connectivity index (χ4n) is 2.02. The van der Waals surface area contributed by atoms with Gasteiger partial charge in [-0.25, -0.2) is 4.39 Å². The van der Waals surface area contributed by atoms with E-state index in [-0.39, 0.29) is 5.82 Å². The zero-order valence-corrected chi connectivity index (χ0v) is 12.4. The Morgan fingerprint density at radius 3 is 2.95 bits per heavy atom. The number of imidazole rings is 1. The maximum Gasteiger partial charge on any atom is 0.178 e. The fraction of sp³-hybridized carbons (Fsp3) is 0.167. The van der Waals surface area contributed by atoms with Crippen molar-refractivity contribution in [3.63, 3.8) is 0 Å². The van der Waals surface area contributed by atoms with Gasteiger partial charge in [0.05, 0.1) is 27.7 Å². The minimum absolute atomic E-state index is 0.311. The molecule has 0 saturated heterocycles. The van der Waals surface area contributed by atoms with Crippen molar-refractivity contribution in [2.45, 2.75) is 6.54 Å². The molecule has 0 spiro atoms. The summed E-state index contributed by atoms with van der Waals surface area (Å²) in [7, 11) is 1.87. The molecule has 0 unspecified atom stereocenters. The number of fused-ring (bicyclic) bond motifs is 1. The molecule has 4 nitrogen and oxygen atoms in total. The third kappa shape index (κ3) is 2.23. The summed E-state index contributed by atoms with van der Waals surface area (Å²) in [6, 6.07) is 5.09. The van der Waals surface area contributed by atoms with E-state index in [9.17, 15) is 4.39 Å². The van der Waals surface area contributed by atoms with Crippen molar-refractivity contribution in [2.75, 3.05) is 0 Å². The van der Waals surface area contributed by atoms with E-state index in [0.717, 1.165) is 11.2 Å². The Balaban J connectivity index is 2.15. The summed E-state index contributed by atoms with van der Waals surface area (Å²) in [6.45, 7) is 0.553. The maximum atomic E-state index is 13.5. The molecule has 3 aromatic rings. The summed E-state index contributed by atoms with van der Waals surface area (Å²) in [5, 5.41) is 4.32. The van der Waals surface area contributed by atoms with E-state index >= 15 is 0 Å². The van der Waals surface area contributed by atoms with Crippen LogP contribution in [0.15, 0.2) is 28.9 Å². The van der Waals surface area contributed by atoms with E-state index < -0.39 is 0 Å². The monoisotopic (exact) mass is 340 g/mol. The summed E-state index contributed by atoms with van der Waals surface area (Å²) >= 11 is 8.47. The second-order valence-corrected chi connectivity index (χ2v) is 5.52. The van der Waals surface area contributed by atoms with Crippen LogP contribution in [0.1, 0.15) is 5.69 Å². The predicted molar refractivity (Wildman–Crippen MR) is 77.1 cm³/mol. The van der Waals surface area contributed by atoms with Crippen LogP contribution in [-0.2, 0) is 13.6 Å². The van der Waals surface area contributed by atoms with Gasteiger partial charge in [-0.05, 0) is 40.3 Å². The number of hydrogen-bond acceptors (Lipinski definition) is 2. The molecule has 0 aliphatic carbocycles. The lowest BCUT2D eigenvalue weighted by Gasteiger charge is -2.02. The highest BCUT2D eigenvalue weighted by Crippen LogP contribution is 2.23. The SMILES string of the molecule is Cn1ccc(Cn2c(=S)[nH]c3cc(F)c(Br)cc32)n1. The number of benzene rings is 1. The fourth-order valence-corrected chi connectivity index (χ4v) is 2.62. The normalized spacial score (nSPS) is 11.3. The minimum Gasteiger partial charge on any atom is -0.330 e. The highest BCUT2D eigenvalue weighted by molar-refractivity contribution is 9.10. The molecule has 98 valence electrons. The summed E-state index contributed by atoms with van der Waals surface area (Å²) in [5.74, 6) is -0.311. The van der Waals surface area contributed by atoms with E-state index in [1.807, 2.05) is 23.9 Å². The van der Waals surface area contributed by atoms with Crippen molar-refractivity contribution in [2.24, 2.45) is 7.05 Å². The Hall–Kier alpha value is -1.47. The van der Waals surface area contributed by atoms with Gasteiger partial charge in [-0.15, -0.1) is 0 Å². The van der Waals surface area contributed by atoms with Crippen molar-refractivity contribution in [1.82, 2.24) is 19.3 Å². The van der Waals surface area contributed by atoms with E-state index in [1.165, 1.54) is 6.07 Å². The zero-order chi connectivity index (χ0) is 13.6. The molecule has 0 aliphatic heterocycles. The van der Waals surface area contributed by atoms with E-state index in [1.54, 1.807) is 10.7 Å². The van der Waals surface area contributed by atoms with Gasteiger partial charge in [0.15, 0.2) is 4.77 Å². The van der Waals surface area contributed by atoms with Crippen LogP contribution >= 0.6 is 28.1 Å². The van der Waals surface area contributed by atoms with Crippen LogP contribution in [0.25, 0.3) is 11.0 Å². The zero-order valence-electron chi connectivity index (χ0n) is 10.0. The molecule has 0 saturated carbocycles. The third-order valence-electron chi connectivity index (χ3n) is 2.91. The van der Waals surface area contributed by atoms with Gasteiger partial charge in [0.2, 0.25) is 0 Å². The standard InChI is InChI=1S/C12H10BrFN4S/c1-17-3-2-7(16-17)6-18-11-4-8(13)9(14)5-10(11)15-12(18)19/h2-5H,6H2,1H3,(H,15,19). The highest BCUT2D eigenvalue weighted by atomic mass is 79.9. The first-order valence-corrected chi connectivity index (χ1v) is 6.81. The topological polar surface area (TPSA) is 38.5 Å². The smallest absolute Gasteiger partial charge is 0.178 e. The van der Waals surface area contributed by atoms with Crippen molar-refractivity contribution in [3.05, 3.63) is 45.2 Å². The quantitative estimate of drug-likeness (QED) is 0.726. The average Bonchev–Trinajstić information content (AvgIpc) is 2.87. The van der Waals surface area contributed by atoms with Gasteiger partial charge in [-0.2, -0.15) is 5.10 Å². The number of H-pyrrole nitrogens is 1. The Labute approximate surface area is 122 Å². The summed E-state index contributed by atoms with van der Waals surface area (Å²) in [4.78, 5) is 3.00. The number of nitrogens with zero attached hydrogens (tertiary/aromatic N) is 3. The highest BCUT2D eigenvalue weighted by Gasteiger charge is 2.10. The van der Waals surface area contributed by atoms with Gasteiger partial charge in [0.25, 0.3) is 0 Å². The van der Waals surface area contributed by atoms with Crippen molar-refractivity contribution < 1.29 is 4.39 Å². The molecule has 7 heteroatoms. The molecule has 0 atom stereocenters. The van der Waals surface area contributed by atoms with Gasteiger partial charge < -0.3 is 9.55 Å². The number of halogens is 2. The van der Waals surface area contributed by atoms with Crippen LogP contribution in [0.3, 0.4) is 0 Å². The lowest BCUT2D eigenvalue weighted by atomic mass is 10.3. The number of aromatic nitrogens is 4. The maximum absolute atomic E-state index is 13.5. The van der Waals surface area contributed by atoms with Gasteiger partial charge in [0.1, 0.15) is 5.82 Å². The summed E-state index contributed by atoms with van der Waals surface area (Å²) < 4.78 is 18.1. The van der Waals surface area contributed by atoms with Gasteiger partial charge in [-0.1, -0.05) is 0 Å². The van der Waals surface area contributed by atoms with Crippen molar-refractivity contribution in [1.29, 1.82) is 0 Å². The molecule has 0 amide bonds. The van der Waals surface area contributed by atoms with Crippen molar-refractivity contribution >= 4 is 39.2 Å². The molecule has 0 bridgehead atoms. The summed E-state index contributed by atoms with van der Waals surface area (Å²) in [6.07, 6.45) is 1.88.